The van der Waals surface area contributed by atoms with Gasteiger partial charge < -0.3 is 10.6 Å². The van der Waals surface area contributed by atoms with E-state index in [1.54, 1.807) is 12.1 Å². The molecule has 0 aliphatic carbocycles. The number of anilines is 1. The number of carbonyl (C=O) groups excluding carboxylic acids is 2. The van der Waals surface area contributed by atoms with E-state index < -0.39 is 0 Å². The zero-order chi connectivity index (χ0) is 17.9. The van der Waals surface area contributed by atoms with Crippen molar-refractivity contribution in [3.05, 3.63) is 66.2 Å². The van der Waals surface area contributed by atoms with Gasteiger partial charge in [-0.15, -0.1) is 0 Å². The molecule has 1 unspecified atom stereocenters. The topological polar surface area (TPSA) is 58.2 Å². The maximum Gasteiger partial charge on any atom is 0.251 e. The van der Waals surface area contributed by atoms with E-state index >= 15 is 0 Å². The monoisotopic (exact) mass is 356 g/mol. The van der Waals surface area contributed by atoms with Crippen LogP contribution in [0.15, 0.2) is 60.7 Å². The summed E-state index contributed by atoms with van der Waals surface area (Å²) in [6.45, 7) is 0.521. The molecular weight excluding hydrogens is 332 g/mol. The van der Waals surface area contributed by atoms with E-state index in [0.29, 0.717) is 18.5 Å². The molecule has 2 aromatic rings. The van der Waals surface area contributed by atoms with Gasteiger partial charge in [0, 0.05) is 29.5 Å². The standard InChI is InChI=1S/C20H24N2O2S/c23-19(22-17-11-5-2-6-12-17)14-8-7-13-18(25)15-21-20(24)16-9-3-1-4-10-16/h1-6,9-12,18,25H,7-8,13-15H2,(H,21,24)(H,22,23). The lowest BCUT2D eigenvalue weighted by molar-refractivity contribution is -0.116. The van der Waals surface area contributed by atoms with E-state index in [9.17, 15) is 9.59 Å². The van der Waals surface area contributed by atoms with Crippen LogP contribution in [0.5, 0.6) is 0 Å². The van der Waals surface area contributed by atoms with Gasteiger partial charge in [0.25, 0.3) is 5.91 Å². The molecule has 0 radical (unpaired) electrons. The third-order valence-electron chi connectivity index (χ3n) is 3.78. The zero-order valence-corrected chi connectivity index (χ0v) is 15.0. The highest BCUT2D eigenvalue weighted by Crippen LogP contribution is 2.11. The van der Waals surface area contributed by atoms with Crippen molar-refractivity contribution in [3.63, 3.8) is 0 Å². The Labute approximate surface area is 154 Å². The number of rotatable bonds is 9. The molecule has 0 aliphatic rings. The van der Waals surface area contributed by atoms with Crippen LogP contribution >= 0.6 is 12.6 Å². The summed E-state index contributed by atoms with van der Waals surface area (Å²) in [6.07, 6.45) is 3.06. The summed E-state index contributed by atoms with van der Waals surface area (Å²) in [4.78, 5) is 23.8. The number of para-hydroxylation sites is 1. The van der Waals surface area contributed by atoms with Crippen LogP contribution in [0.3, 0.4) is 0 Å². The maximum atomic E-state index is 11.9. The van der Waals surface area contributed by atoms with E-state index in [0.717, 1.165) is 24.9 Å². The highest BCUT2D eigenvalue weighted by atomic mass is 32.1. The average molecular weight is 356 g/mol. The Bertz CT molecular complexity index is 662. The lowest BCUT2D eigenvalue weighted by Crippen LogP contribution is -2.29. The summed E-state index contributed by atoms with van der Waals surface area (Å²) in [6, 6.07) is 18.6. The molecule has 0 heterocycles. The first-order valence-electron chi connectivity index (χ1n) is 8.51. The van der Waals surface area contributed by atoms with Crippen molar-refractivity contribution < 1.29 is 9.59 Å². The van der Waals surface area contributed by atoms with Gasteiger partial charge in [0.2, 0.25) is 5.91 Å². The molecule has 25 heavy (non-hydrogen) atoms. The first-order valence-corrected chi connectivity index (χ1v) is 9.03. The molecule has 0 spiro atoms. The summed E-state index contributed by atoms with van der Waals surface area (Å²) >= 11 is 4.51. The molecule has 2 amide bonds. The number of hydrogen-bond donors (Lipinski definition) is 3. The maximum absolute atomic E-state index is 11.9. The number of nitrogens with one attached hydrogen (secondary N) is 2. The minimum atomic E-state index is -0.0816. The second-order valence-corrected chi connectivity index (χ2v) is 6.62. The summed E-state index contributed by atoms with van der Waals surface area (Å²) in [5.41, 5.74) is 1.48. The lowest BCUT2D eigenvalue weighted by atomic mass is 10.1. The summed E-state index contributed by atoms with van der Waals surface area (Å²) in [5, 5.41) is 5.85. The molecule has 0 bridgehead atoms. The molecule has 2 aromatic carbocycles. The number of unbranched alkanes of at least 4 members (excludes halogenated alkanes) is 1. The minimum Gasteiger partial charge on any atom is -0.351 e. The van der Waals surface area contributed by atoms with Crippen molar-refractivity contribution in [1.29, 1.82) is 0 Å². The van der Waals surface area contributed by atoms with Gasteiger partial charge in [-0.2, -0.15) is 12.6 Å². The van der Waals surface area contributed by atoms with Crippen molar-refractivity contribution >= 4 is 30.1 Å². The summed E-state index contributed by atoms with van der Waals surface area (Å²) in [5.74, 6) is -0.0545. The predicted octanol–water partition coefficient (Wildman–Crippen LogP) is 3.91. The van der Waals surface area contributed by atoms with Crippen LogP contribution in [0.25, 0.3) is 0 Å². The number of hydrogen-bond acceptors (Lipinski definition) is 3. The van der Waals surface area contributed by atoms with Gasteiger partial charge in [0.05, 0.1) is 0 Å². The van der Waals surface area contributed by atoms with Crippen molar-refractivity contribution in [2.24, 2.45) is 0 Å². The smallest absolute Gasteiger partial charge is 0.251 e. The Morgan fingerprint density at radius 3 is 2.24 bits per heavy atom. The van der Waals surface area contributed by atoms with E-state index in [-0.39, 0.29) is 17.1 Å². The minimum absolute atomic E-state index is 0.0271. The molecule has 0 aliphatic heterocycles. The van der Waals surface area contributed by atoms with Crippen LogP contribution in [0.4, 0.5) is 5.69 Å². The van der Waals surface area contributed by atoms with Crippen molar-refractivity contribution in [3.8, 4) is 0 Å². The Morgan fingerprint density at radius 1 is 0.920 bits per heavy atom. The molecule has 0 saturated heterocycles. The lowest BCUT2D eigenvalue weighted by Gasteiger charge is -2.12. The number of amides is 2. The van der Waals surface area contributed by atoms with Crippen LogP contribution < -0.4 is 10.6 Å². The molecule has 2 N–H and O–H groups in total. The first-order chi connectivity index (χ1) is 12.1. The van der Waals surface area contributed by atoms with Crippen LogP contribution in [-0.4, -0.2) is 23.6 Å². The Morgan fingerprint density at radius 2 is 1.56 bits per heavy atom. The van der Waals surface area contributed by atoms with Crippen LogP contribution in [-0.2, 0) is 4.79 Å². The third kappa shape index (κ3) is 7.44. The Hall–Kier alpha value is -2.27. The molecule has 4 nitrogen and oxygen atoms in total. The second-order valence-electron chi connectivity index (χ2n) is 5.89. The average Bonchev–Trinajstić information content (AvgIpc) is 2.65. The Kier molecular flexibility index (Phi) is 8.05. The third-order valence-corrected chi connectivity index (χ3v) is 4.22. The quantitative estimate of drug-likeness (QED) is 0.471. The van der Waals surface area contributed by atoms with Crippen molar-refractivity contribution in [1.82, 2.24) is 5.32 Å². The van der Waals surface area contributed by atoms with Crippen molar-refractivity contribution in [2.75, 3.05) is 11.9 Å². The van der Waals surface area contributed by atoms with Crippen molar-refractivity contribution in [2.45, 2.75) is 30.9 Å². The zero-order valence-electron chi connectivity index (χ0n) is 14.2. The van der Waals surface area contributed by atoms with Gasteiger partial charge in [-0.3, -0.25) is 9.59 Å². The van der Waals surface area contributed by atoms with E-state index in [1.807, 2.05) is 48.5 Å². The fraction of sp³-hybridized carbons (Fsp3) is 0.300. The predicted molar refractivity (Wildman–Crippen MR) is 105 cm³/mol. The first kappa shape index (κ1) is 19.1. The summed E-state index contributed by atoms with van der Waals surface area (Å²) < 4.78 is 0. The fourth-order valence-electron chi connectivity index (χ4n) is 2.41. The molecule has 0 saturated carbocycles. The normalized spacial score (nSPS) is 11.6. The number of carbonyl (C=O) groups is 2. The van der Waals surface area contributed by atoms with Gasteiger partial charge in [-0.1, -0.05) is 42.8 Å². The van der Waals surface area contributed by atoms with E-state index in [1.165, 1.54) is 0 Å². The highest BCUT2D eigenvalue weighted by molar-refractivity contribution is 7.81. The van der Waals surface area contributed by atoms with Crippen LogP contribution in [0.2, 0.25) is 0 Å². The van der Waals surface area contributed by atoms with Gasteiger partial charge in [-0.05, 0) is 37.1 Å². The van der Waals surface area contributed by atoms with Crippen LogP contribution in [0, 0.1) is 0 Å². The fourth-order valence-corrected chi connectivity index (χ4v) is 2.69. The van der Waals surface area contributed by atoms with Gasteiger partial charge in [-0.25, -0.2) is 0 Å². The summed E-state index contributed by atoms with van der Waals surface area (Å²) in [7, 11) is 0. The molecule has 132 valence electrons. The van der Waals surface area contributed by atoms with Gasteiger partial charge in [0.15, 0.2) is 0 Å². The molecule has 0 fully saturated rings. The molecule has 2 rings (SSSR count). The highest BCUT2D eigenvalue weighted by Gasteiger charge is 2.08. The second kappa shape index (κ2) is 10.6. The van der Waals surface area contributed by atoms with Gasteiger partial charge >= 0.3 is 0 Å². The Balaban J connectivity index is 1.57. The number of benzene rings is 2. The SMILES string of the molecule is O=C(CCCCC(S)CNC(=O)c1ccccc1)Nc1ccccc1. The van der Waals surface area contributed by atoms with Gasteiger partial charge in [0.1, 0.15) is 0 Å². The molecule has 0 aromatic heterocycles. The molecular formula is C20H24N2O2S. The largest absolute Gasteiger partial charge is 0.351 e. The van der Waals surface area contributed by atoms with Crippen LogP contribution in [0.1, 0.15) is 36.0 Å². The molecule has 5 heteroatoms. The molecule has 1 atom stereocenters. The number of thiol groups is 1. The van der Waals surface area contributed by atoms with E-state index in [4.69, 9.17) is 0 Å². The van der Waals surface area contributed by atoms with E-state index in [2.05, 4.69) is 23.3 Å².